The fourth-order valence-electron chi connectivity index (χ4n) is 2.68. The Bertz CT molecular complexity index is 434. The van der Waals surface area contributed by atoms with Crippen molar-refractivity contribution in [2.24, 2.45) is 0 Å². The Kier molecular flexibility index (Phi) is 4.14. The van der Waals surface area contributed by atoms with Crippen LogP contribution < -0.4 is 10.2 Å². The molecule has 1 N–H and O–H groups in total. The first-order valence-electron chi connectivity index (χ1n) is 7.34. The molecule has 0 radical (unpaired) electrons. The van der Waals surface area contributed by atoms with E-state index in [1.54, 1.807) is 0 Å². The van der Waals surface area contributed by atoms with Crippen LogP contribution in [0.15, 0.2) is 12.1 Å². The molecule has 3 nitrogen and oxygen atoms in total. The summed E-state index contributed by atoms with van der Waals surface area (Å²) in [6.07, 6.45) is 2.56. The van der Waals surface area contributed by atoms with Gasteiger partial charge in [-0.15, -0.1) is 0 Å². The molecule has 1 aromatic heterocycles. The Morgan fingerprint density at radius 2 is 2.11 bits per heavy atom. The van der Waals surface area contributed by atoms with E-state index in [2.05, 4.69) is 50.0 Å². The normalized spacial score (nSPS) is 20.1. The van der Waals surface area contributed by atoms with Crippen molar-refractivity contribution < 1.29 is 0 Å². The Hall–Kier alpha value is -1.09. The molecule has 2 heterocycles. The van der Waals surface area contributed by atoms with Crippen LogP contribution in [0.4, 0.5) is 5.82 Å². The van der Waals surface area contributed by atoms with Gasteiger partial charge in [-0.3, -0.25) is 0 Å². The maximum atomic E-state index is 4.92. The van der Waals surface area contributed by atoms with Gasteiger partial charge in [0.05, 0.1) is 0 Å². The van der Waals surface area contributed by atoms with Gasteiger partial charge in [0.2, 0.25) is 0 Å². The minimum Gasteiger partial charge on any atom is -0.354 e. The van der Waals surface area contributed by atoms with E-state index in [4.69, 9.17) is 4.98 Å². The third-order valence-electron chi connectivity index (χ3n) is 3.87. The first-order valence-corrected chi connectivity index (χ1v) is 7.34. The second kappa shape index (κ2) is 5.49. The Morgan fingerprint density at radius 1 is 1.37 bits per heavy atom. The highest BCUT2D eigenvalue weighted by Gasteiger charge is 2.24. The number of nitrogens with one attached hydrogen (secondary N) is 1. The van der Waals surface area contributed by atoms with Gasteiger partial charge in [-0.2, -0.15) is 0 Å². The molecule has 0 aliphatic carbocycles. The third kappa shape index (κ3) is 3.27. The molecule has 3 heteroatoms. The van der Waals surface area contributed by atoms with Crippen LogP contribution in [0.2, 0.25) is 0 Å². The number of hydrogen-bond acceptors (Lipinski definition) is 3. The fraction of sp³-hybridized carbons (Fsp3) is 0.688. The van der Waals surface area contributed by atoms with E-state index in [9.17, 15) is 0 Å². The minimum atomic E-state index is 0.0987. The monoisotopic (exact) mass is 261 g/mol. The molecule has 0 spiro atoms. The zero-order chi connectivity index (χ0) is 14.0. The molecule has 1 aliphatic rings. The lowest BCUT2D eigenvalue weighted by atomic mass is 9.90. The van der Waals surface area contributed by atoms with E-state index < -0.39 is 0 Å². The third-order valence-corrected chi connectivity index (χ3v) is 3.87. The molecular weight excluding hydrogens is 234 g/mol. The number of hydrogen-bond donors (Lipinski definition) is 1. The molecule has 1 atom stereocenters. The Balaban J connectivity index is 2.39. The van der Waals surface area contributed by atoms with Gasteiger partial charge in [-0.25, -0.2) is 4.98 Å². The van der Waals surface area contributed by atoms with Crippen molar-refractivity contribution in [2.45, 2.75) is 58.5 Å². The molecule has 1 unspecified atom stereocenters. The lowest BCUT2D eigenvalue weighted by molar-refractivity contribution is 0.565. The Labute approximate surface area is 117 Å². The lowest BCUT2D eigenvalue weighted by Crippen LogP contribution is -2.28. The van der Waals surface area contributed by atoms with Crippen LogP contribution in [-0.4, -0.2) is 24.6 Å². The molecule has 1 aliphatic heterocycles. The van der Waals surface area contributed by atoms with E-state index in [1.807, 2.05) is 7.05 Å². The molecule has 0 aromatic carbocycles. The molecule has 1 saturated heterocycles. The highest BCUT2D eigenvalue weighted by Crippen LogP contribution is 2.28. The number of pyridine rings is 1. The van der Waals surface area contributed by atoms with Gasteiger partial charge in [0, 0.05) is 30.2 Å². The summed E-state index contributed by atoms with van der Waals surface area (Å²) in [6.45, 7) is 11.0. The van der Waals surface area contributed by atoms with E-state index in [0.29, 0.717) is 6.04 Å². The fourth-order valence-corrected chi connectivity index (χ4v) is 2.68. The van der Waals surface area contributed by atoms with Crippen LogP contribution in [0.25, 0.3) is 0 Å². The lowest BCUT2D eigenvalue weighted by Gasteiger charge is -2.26. The van der Waals surface area contributed by atoms with Gasteiger partial charge in [0.25, 0.3) is 0 Å². The number of anilines is 1. The summed E-state index contributed by atoms with van der Waals surface area (Å²) in [5.74, 6) is 1.16. The van der Waals surface area contributed by atoms with Gasteiger partial charge < -0.3 is 10.2 Å². The van der Waals surface area contributed by atoms with Crippen molar-refractivity contribution in [2.75, 3.05) is 18.5 Å². The van der Waals surface area contributed by atoms with Gasteiger partial charge in [-0.1, -0.05) is 20.8 Å². The van der Waals surface area contributed by atoms with E-state index in [-0.39, 0.29) is 5.41 Å². The molecule has 2 rings (SSSR count). The standard InChI is InChI=1S/C16H27N3/c1-12-7-6-8-19(12)15-10-13(11-17-5)9-14(18-15)16(2,3)4/h9-10,12,17H,6-8,11H2,1-5H3. The second-order valence-electron chi connectivity index (χ2n) is 6.68. The van der Waals surface area contributed by atoms with Gasteiger partial charge in [0.15, 0.2) is 0 Å². The smallest absolute Gasteiger partial charge is 0.129 e. The molecule has 19 heavy (non-hydrogen) atoms. The molecule has 0 saturated carbocycles. The summed E-state index contributed by atoms with van der Waals surface area (Å²) in [6, 6.07) is 5.10. The molecule has 1 fully saturated rings. The molecule has 1 aromatic rings. The maximum absolute atomic E-state index is 4.92. The molecule has 0 amide bonds. The largest absolute Gasteiger partial charge is 0.354 e. The van der Waals surface area contributed by atoms with E-state index in [1.165, 1.54) is 24.1 Å². The van der Waals surface area contributed by atoms with Crippen LogP contribution in [0.1, 0.15) is 51.8 Å². The zero-order valence-corrected chi connectivity index (χ0v) is 13.0. The van der Waals surface area contributed by atoms with Gasteiger partial charge in [0.1, 0.15) is 5.82 Å². The number of aromatic nitrogens is 1. The van der Waals surface area contributed by atoms with Crippen molar-refractivity contribution in [1.29, 1.82) is 0 Å². The highest BCUT2D eigenvalue weighted by molar-refractivity contribution is 5.45. The zero-order valence-electron chi connectivity index (χ0n) is 13.0. The molecule has 0 bridgehead atoms. The Morgan fingerprint density at radius 3 is 2.63 bits per heavy atom. The van der Waals surface area contributed by atoms with Gasteiger partial charge >= 0.3 is 0 Å². The molecular formula is C16H27N3. The number of nitrogens with zero attached hydrogens (tertiary/aromatic N) is 2. The summed E-state index contributed by atoms with van der Waals surface area (Å²) in [4.78, 5) is 7.37. The summed E-state index contributed by atoms with van der Waals surface area (Å²) in [5.41, 5.74) is 2.62. The summed E-state index contributed by atoms with van der Waals surface area (Å²) in [7, 11) is 2.00. The average Bonchev–Trinajstić information content (AvgIpc) is 2.74. The predicted octanol–water partition coefficient (Wildman–Crippen LogP) is 3.09. The second-order valence-corrected chi connectivity index (χ2v) is 6.68. The predicted molar refractivity (Wildman–Crippen MR) is 81.7 cm³/mol. The van der Waals surface area contributed by atoms with Crippen molar-refractivity contribution in [3.8, 4) is 0 Å². The van der Waals surface area contributed by atoms with E-state index >= 15 is 0 Å². The van der Waals surface area contributed by atoms with Crippen LogP contribution in [0.3, 0.4) is 0 Å². The average molecular weight is 261 g/mol. The van der Waals surface area contributed by atoms with Gasteiger partial charge in [-0.05, 0) is 44.5 Å². The van der Waals surface area contributed by atoms with Crippen molar-refractivity contribution >= 4 is 5.82 Å². The van der Waals surface area contributed by atoms with Crippen LogP contribution in [0, 0.1) is 0 Å². The van der Waals surface area contributed by atoms with Crippen LogP contribution in [0.5, 0.6) is 0 Å². The van der Waals surface area contributed by atoms with Crippen molar-refractivity contribution in [3.05, 3.63) is 23.4 Å². The minimum absolute atomic E-state index is 0.0987. The maximum Gasteiger partial charge on any atom is 0.129 e. The first kappa shape index (κ1) is 14.3. The van der Waals surface area contributed by atoms with Crippen LogP contribution >= 0.6 is 0 Å². The summed E-state index contributed by atoms with van der Waals surface area (Å²) in [5, 5.41) is 3.25. The first-order chi connectivity index (χ1) is 8.91. The topological polar surface area (TPSA) is 28.2 Å². The quantitative estimate of drug-likeness (QED) is 0.906. The SMILES string of the molecule is CNCc1cc(N2CCCC2C)nc(C(C)(C)C)c1. The number of rotatable bonds is 3. The van der Waals surface area contributed by atoms with Crippen molar-refractivity contribution in [3.63, 3.8) is 0 Å². The van der Waals surface area contributed by atoms with Crippen LogP contribution in [-0.2, 0) is 12.0 Å². The summed E-state index contributed by atoms with van der Waals surface area (Å²) < 4.78 is 0. The molecule has 106 valence electrons. The van der Waals surface area contributed by atoms with E-state index in [0.717, 1.165) is 18.9 Å². The highest BCUT2D eigenvalue weighted by atomic mass is 15.2. The van der Waals surface area contributed by atoms with Crippen molar-refractivity contribution in [1.82, 2.24) is 10.3 Å². The summed E-state index contributed by atoms with van der Waals surface area (Å²) >= 11 is 0.